The predicted octanol–water partition coefficient (Wildman–Crippen LogP) is 4.45. The fourth-order valence-corrected chi connectivity index (χ4v) is 7.32. The number of aromatic nitrogens is 1. The van der Waals surface area contributed by atoms with Gasteiger partial charge < -0.3 is 14.8 Å². The third kappa shape index (κ3) is 2.58. The van der Waals surface area contributed by atoms with Crippen LogP contribution in [-0.4, -0.2) is 46.3 Å². The lowest BCUT2D eigenvalue weighted by atomic mass is 9.32. The molecule has 2 aliphatic heterocycles. The number of carboxylic acid groups (broad SMARTS) is 1. The van der Waals surface area contributed by atoms with Crippen molar-refractivity contribution in [3.8, 4) is 0 Å². The van der Waals surface area contributed by atoms with E-state index in [0.717, 1.165) is 51.7 Å². The Kier molecular flexibility index (Phi) is 4.00. The van der Waals surface area contributed by atoms with Crippen LogP contribution in [0.1, 0.15) is 56.3 Å². The van der Waals surface area contributed by atoms with Gasteiger partial charge in [-0.3, -0.25) is 4.90 Å². The van der Waals surface area contributed by atoms with E-state index in [4.69, 9.17) is 9.84 Å². The van der Waals surface area contributed by atoms with Gasteiger partial charge in [-0.15, -0.1) is 0 Å². The quantitative estimate of drug-likeness (QED) is 0.737. The Bertz CT molecular complexity index is 1010. The van der Waals surface area contributed by atoms with Crippen molar-refractivity contribution < 1.29 is 14.6 Å². The molecule has 5 nitrogen and oxygen atoms in total. The summed E-state index contributed by atoms with van der Waals surface area (Å²) in [6, 6.07) is 10.2. The zero-order chi connectivity index (χ0) is 20.5. The fourth-order valence-electron chi connectivity index (χ4n) is 7.32. The first kappa shape index (κ1) is 18.6. The molecule has 1 aromatic heterocycles. The van der Waals surface area contributed by atoms with E-state index in [9.17, 15) is 4.79 Å². The second-order valence-corrected chi connectivity index (χ2v) is 10.2. The number of fused-ring (bicyclic) bond motifs is 3. The molecule has 2 atom stereocenters. The van der Waals surface area contributed by atoms with Crippen LogP contribution in [0.25, 0.3) is 10.9 Å². The number of carboxylic acids is 1. The van der Waals surface area contributed by atoms with Crippen LogP contribution >= 0.6 is 0 Å². The van der Waals surface area contributed by atoms with E-state index < -0.39 is 5.97 Å². The standard InChI is InChI=1S/C25H30N2O3/c1-16-12-19-18-4-2-3-5-20(18)26-22(19)23(27(16)17-7-10-30-11-8-17)25-13-24(14-25,15-25)9-6-21(28)29/h2-6,9,16-17,23,26H,7-8,10-15H2,1H3,(H,28,29)/b9-6+. The lowest BCUT2D eigenvalue weighted by molar-refractivity contribution is -0.230. The van der Waals surface area contributed by atoms with Gasteiger partial charge in [-0.1, -0.05) is 24.3 Å². The first-order chi connectivity index (χ1) is 14.5. The molecule has 1 saturated heterocycles. The summed E-state index contributed by atoms with van der Waals surface area (Å²) in [6.07, 6.45) is 9.95. The van der Waals surface area contributed by atoms with E-state index >= 15 is 0 Å². The third-order valence-electron chi connectivity index (χ3n) is 8.31. The summed E-state index contributed by atoms with van der Waals surface area (Å²) < 4.78 is 5.69. The zero-order valence-electron chi connectivity index (χ0n) is 17.6. The zero-order valence-corrected chi connectivity index (χ0v) is 17.6. The molecular weight excluding hydrogens is 376 g/mol. The summed E-state index contributed by atoms with van der Waals surface area (Å²) in [5, 5.41) is 10.5. The number of aliphatic carboxylic acids is 1. The lowest BCUT2D eigenvalue weighted by Crippen LogP contribution is -2.68. The Labute approximate surface area is 177 Å². The van der Waals surface area contributed by atoms with Gasteiger partial charge in [0, 0.05) is 48.0 Å². The SMILES string of the molecule is CC1Cc2c([nH]c3ccccc23)C(C23CC(/C=C/C(=O)O)(C2)C3)N1C1CCOCC1. The Morgan fingerprint density at radius 3 is 2.70 bits per heavy atom. The molecule has 1 aromatic carbocycles. The van der Waals surface area contributed by atoms with Crippen molar-refractivity contribution in [2.45, 2.75) is 63.6 Å². The van der Waals surface area contributed by atoms with Gasteiger partial charge >= 0.3 is 5.97 Å². The minimum atomic E-state index is -0.832. The van der Waals surface area contributed by atoms with E-state index in [1.165, 1.54) is 28.2 Å². The number of hydrogen-bond donors (Lipinski definition) is 2. The highest BCUT2D eigenvalue weighted by atomic mass is 16.5. The molecule has 2 unspecified atom stereocenters. The summed E-state index contributed by atoms with van der Waals surface area (Å²) in [4.78, 5) is 17.7. The van der Waals surface area contributed by atoms with Crippen LogP contribution < -0.4 is 0 Å². The highest BCUT2D eigenvalue weighted by Crippen LogP contribution is 2.79. The molecule has 7 rings (SSSR count). The van der Waals surface area contributed by atoms with E-state index in [1.54, 1.807) is 0 Å². The minimum Gasteiger partial charge on any atom is -0.478 e. The predicted molar refractivity (Wildman–Crippen MR) is 115 cm³/mol. The molecule has 5 heteroatoms. The van der Waals surface area contributed by atoms with Crippen molar-refractivity contribution in [2.24, 2.45) is 10.8 Å². The van der Waals surface area contributed by atoms with Crippen molar-refractivity contribution in [3.05, 3.63) is 47.7 Å². The minimum absolute atomic E-state index is 0.118. The number of benzene rings is 1. The van der Waals surface area contributed by atoms with Gasteiger partial charge in [-0.25, -0.2) is 4.79 Å². The number of H-pyrrole nitrogens is 1. The molecule has 3 aliphatic carbocycles. The number of hydrogen-bond acceptors (Lipinski definition) is 3. The molecule has 158 valence electrons. The third-order valence-corrected chi connectivity index (χ3v) is 8.31. The molecule has 3 heterocycles. The number of nitrogens with zero attached hydrogens (tertiary/aromatic N) is 1. The number of allylic oxidation sites excluding steroid dienone is 1. The van der Waals surface area contributed by atoms with Crippen LogP contribution in [-0.2, 0) is 16.0 Å². The number of carbonyl (C=O) groups is 1. The van der Waals surface area contributed by atoms with Crippen molar-refractivity contribution in [3.63, 3.8) is 0 Å². The normalized spacial score (nSPS) is 36.4. The van der Waals surface area contributed by atoms with Crippen molar-refractivity contribution in [2.75, 3.05) is 13.2 Å². The van der Waals surface area contributed by atoms with E-state index in [1.807, 2.05) is 6.08 Å². The highest BCUT2D eigenvalue weighted by molar-refractivity contribution is 5.85. The number of ether oxygens (including phenoxy) is 1. The second-order valence-electron chi connectivity index (χ2n) is 10.2. The molecule has 0 spiro atoms. The Morgan fingerprint density at radius 1 is 1.23 bits per heavy atom. The van der Waals surface area contributed by atoms with Gasteiger partial charge in [-0.05, 0) is 67.9 Å². The summed E-state index contributed by atoms with van der Waals surface area (Å²) in [7, 11) is 0. The van der Waals surface area contributed by atoms with Crippen molar-refractivity contribution >= 4 is 16.9 Å². The largest absolute Gasteiger partial charge is 0.478 e. The van der Waals surface area contributed by atoms with Crippen LogP contribution in [0.2, 0.25) is 0 Å². The first-order valence-electron chi connectivity index (χ1n) is 11.4. The molecule has 0 amide bonds. The molecular formula is C25H30N2O3. The molecule has 3 saturated carbocycles. The monoisotopic (exact) mass is 406 g/mol. The summed E-state index contributed by atoms with van der Waals surface area (Å²) in [5.41, 5.74) is 4.57. The molecule has 5 aliphatic rings. The van der Waals surface area contributed by atoms with E-state index in [2.05, 4.69) is 41.1 Å². The van der Waals surface area contributed by atoms with Gasteiger partial charge in [0.2, 0.25) is 0 Å². The maximum Gasteiger partial charge on any atom is 0.327 e. The van der Waals surface area contributed by atoms with E-state index in [0.29, 0.717) is 18.1 Å². The van der Waals surface area contributed by atoms with Gasteiger partial charge in [0.05, 0.1) is 6.04 Å². The molecule has 2 bridgehead atoms. The first-order valence-corrected chi connectivity index (χ1v) is 11.4. The van der Waals surface area contributed by atoms with Gasteiger partial charge in [-0.2, -0.15) is 0 Å². The number of aromatic amines is 1. The summed E-state index contributed by atoms with van der Waals surface area (Å²) in [5.74, 6) is -0.832. The number of rotatable bonds is 4. The Morgan fingerprint density at radius 2 is 1.97 bits per heavy atom. The average Bonchev–Trinajstić information content (AvgIpc) is 3.04. The maximum atomic E-state index is 11.0. The lowest BCUT2D eigenvalue weighted by Gasteiger charge is -2.74. The molecule has 2 N–H and O–H groups in total. The smallest absolute Gasteiger partial charge is 0.327 e. The van der Waals surface area contributed by atoms with Crippen molar-refractivity contribution in [1.29, 1.82) is 0 Å². The Hall–Kier alpha value is -2.11. The van der Waals surface area contributed by atoms with E-state index in [-0.39, 0.29) is 10.8 Å². The van der Waals surface area contributed by atoms with Gasteiger partial charge in [0.1, 0.15) is 0 Å². The van der Waals surface area contributed by atoms with Gasteiger partial charge in [0.15, 0.2) is 0 Å². The average molecular weight is 407 g/mol. The van der Waals surface area contributed by atoms with Gasteiger partial charge in [0.25, 0.3) is 0 Å². The highest BCUT2D eigenvalue weighted by Gasteiger charge is 2.71. The molecule has 2 aromatic rings. The maximum absolute atomic E-state index is 11.0. The molecule has 0 radical (unpaired) electrons. The van der Waals surface area contributed by atoms with Crippen LogP contribution in [0, 0.1) is 10.8 Å². The second kappa shape index (κ2) is 6.44. The Balaban J connectivity index is 1.41. The van der Waals surface area contributed by atoms with Crippen LogP contribution in [0.4, 0.5) is 0 Å². The topological polar surface area (TPSA) is 65.6 Å². The summed E-state index contributed by atoms with van der Waals surface area (Å²) in [6.45, 7) is 4.12. The van der Waals surface area contributed by atoms with Crippen LogP contribution in [0.3, 0.4) is 0 Å². The molecule has 4 fully saturated rings. The number of nitrogens with one attached hydrogen (secondary N) is 1. The number of para-hydroxylation sites is 1. The molecule has 30 heavy (non-hydrogen) atoms. The summed E-state index contributed by atoms with van der Waals surface area (Å²) >= 11 is 0. The fraction of sp³-hybridized carbons (Fsp3) is 0.560. The van der Waals surface area contributed by atoms with Crippen LogP contribution in [0.15, 0.2) is 36.4 Å². The van der Waals surface area contributed by atoms with Crippen LogP contribution in [0.5, 0.6) is 0 Å². The van der Waals surface area contributed by atoms with Crippen molar-refractivity contribution in [1.82, 2.24) is 9.88 Å².